The third kappa shape index (κ3) is 3.76. The maximum absolute atomic E-state index is 6.65. The molecule has 0 amide bonds. The van der Waals surface area contributed by atoms with Crippen LogP contribution in [0.1, 0.15) is 34.9 Å². The molecule has 45 heavy (non-hydrogen) atoms. The summed E-state index contributed by atoms with van der Waals surface area (Å²) < 4.78 is 6.65. The number of rotatable bonds is 3. The first-order chi connectivity index (χ1) is 22.2. The maximum atomic E-state index is 6.65. The molecule has 0 radical (unpaired) electrons. The fourth-order valence-corrected chi connectivity index (χ4v) is 7.31. The summed E-state index contributed by atoms with van der Waals surface area (Å²) in [6.45, 7) is 2.28. The van der Waals surface area contributed by atoms with Crippen molar-refractivity contribution in [3.63, 3.8) is 0 Å². The Morgan fingerprint density at radius 1 is 0.556 bits per heavy atom. The van der Waals surface area contributed by atoms with E-state index in [9.17, 15) is 0 Å². The van der Waals surface area contributed by atoms with Crippen molar-refractivity contribution in [1.82, 2.24) is 15.0 Å². The van der Waals surface area contributed by atoms with Crippen LogP contribution in [0.4, 0.5) is 0 Å². The van der Waals surface area contributed by atoms with Gasteiger partial charge in [0.25, 0.3) is 0 Å². The molecule has 0 fully saturated rings. The van der Waals surface area contributed by atoms with Crippen molar-refractivity contribution in [2.75, 3.05) is 0 Å². The number of hydrogen-bond donors (Lipinski definition) is 0. The molecule has 1 aliphatic carbocycles. The van der Waals surface area contributed by atoms with Crippen LogP contribution < -0.4 is 4.74 Å². The van der Waals surface area contributed by atoms with Gasteiger partial charge in [-0.15, -0.1) is 0 Å². The zero-order valence-electron chi connectivity index (χ0n) is 24.6. The van der Waals surface area contributed by atoms with Crippen molar-refractivity contribution < 1.29 is 4.74 Å². The Labute approximate surface area is 261 Å². The lowest BCUT2D eigenvalue weighted by molar-refractivity contribution is 0.475. The molecule has 0 N–H and O–H groups in total. The second kappa shape index (κ2) is 9.83. The lowest BCUT2D eigenvalue weighted by atomic mass is 9.73. The summed E-state index contributed by atoms with van der Waals surface area (Å²) >= 11 is 0. The van der Waals surface area contributed by atoms with Crippen LogP contribution in [0.2, 0.25) is 0 Å². The van der Waals surface area contributed by atoms with Gasteiger partial charge in [0.1, 0.15) is 0 Å². The number of ether oxygens (including phenoxy) is 1. The second-order valence-electron chi connectivity index (χ2n) is 11.7. The SMILES string of the molecule is CC1(c2ccccn2)C2=C(c3cc(-c4ccc(-c5ccccc5)c5ccccc45)ncc3Oc3cnccc32)c2ccccc21. The fraction of sp³-hybridized carbons (Fsp3) is 0.0488. The second-order valence-corrected chi connectivity index (χ2v) is 11.7. The molecule has 4 heteroatoms. The van der Waals surface area contributed by atoms with Crippen LogP contribution in [0.3, 0.4) is 0 Å². The Bertz CT molecular complexity index is 2310. The van der Waals surface area contributed by atoms with E-state index < -0.39 is 5.41 Å². The highest BCUT2D eigenvalue weighted by Gasteiger charge is 2.47. The van der Waals surface area contributed by atoms with Crippen LogP contribution in [-0.4, -0.2) is 15.0 Å². The Hall–Kier alpha value is -5.87. The van der Waals surface area contributed by atoms with Gasteiger partial charge < -0.3 is 4.74 Å². The standard InChI is InChI=1S/C41H27N3O/c1-41(38-17-9-10-21-43-38)34-16-8-7-15-31(34)39-33-23-35(44-25-37(33)45-36-24-42-22-20-32(36)40(39)41)30-19-18-27(26-11-3-2-4-12-26)28-13-5-6-14-29(28)30/h2-25H,1H3. The first kappa shape index (κ1) is 25.6. The minimum absolute atomic E-state index is 0.512. The Kier molecular flexibility index (Phi) is 5.59. The smallest absolute Gasteiger partial charge is 0.153 e. The van der Waals surface area contributed by atoms with Crippen LogP contribution in [0.25, 0.3) is 44.3 Å². The number of benzene rings is 4. The molecule has 0 saturated heterocycles. The monoisotopic (exact) mass is 577 g/mol. The van der Waals surface area contributed by atoms with Crippen LogP contribution in [0, 0.1) is 0 Å². The largest absolute Gasteiger partial charge is 0.453 e. The maximum Gasteiger partial charge on any atom is 0.153 e. The van der Waals surface area contributed by atoms with Gasteiger partial charge in [-0.1, -0.05) is 97.1 Å². The van der Waals surface area contributed by atoms with Crippen molar-refractivity contribution in [1.29, 1.82) is 0 Å². The van der Waals surface area contributed by atoms with Crippen molar-refractivity contribution in [3.8, 4) is 33.9 Å². The summed E-state index contributed by atoms with van der Waals surface area (Å²) in [5, 5.41) is 2.36. The van der Waals surface area contributed by atoms with Crippen molar-refractivity contribution in [2.45, 2.75) is 12.3 Å². The third-order valence-corrected chi connectivity index (χ3v) is 9.36. The summed E-state index contributed by atoms with van der Waals surface area (Å²) in [5.41, 5.74) is 11.6. The van der Waals surface area contributed by atoms with Gasteiger partial charge in [0.2, 0.25) is 0 Å². The summed E-state index contributed by atoms with van der Waals surface area (Å²) in [6.07, 6.45) is 7.40. The number of fused-ring (bicyclic) bond motifs is 7. The number of aromatic nitrogens is 3. The Balaban J connectivity index is 1.33. The van der Waals surface area contributed by atoms with Crippen molar-refractivity contribution >= 4 is 21.9 Å². The van der Waals surface area contributed by atoms with Crippen molar-refractivity contribution in [3.05, 3.63) is 174 Å². The molecule has 4 heterocycles. The van der Waals surface area contributed by atoms with Gasteiger partial charge in [-0.3, -0.25) is 15.0 Å². The lowest BCUT2D eigenvalue weighted by Gasteiger charge is -2.30. The van der Waals surface area contributed by atoms with Gasteiger partial charge in [-0.2, -0.15) is 0 Å². The first-order valence-electron chi connectivity index (χ1n) is 15.2. The summed E-state index contributed by atoms with van der Waals surface area (Å²) in [6, 6.07) is 42.7. The van der Waals surface area contributed by atoms with Gasteiger partial charge in [0, 0.05) is 29.1 Å². The van der Waals surface area contributed by atoms with Gasteiger partial charge in [0.05, 0.1) is 29.2 Å². The fourth-order valence-electron chi connectivity index (χ4n) is 7.31. The highest BCUT2D eigenvalue weighted by Crippen LogP contribution is 2.60. The van der Waals surface area contributed by atoms with Crippen molar-refractivity contribution in [2.24, 2.45) is 0 Å². The van der Waals surface area contributed by atoms with Crippen LogP contribution >= 0.6 is 0 Å². The van der Waals surface area contributed by atoms with E-state index in [-0.39, 0.29) is 0 Å². The molecule has 7 aromatic rings. The van der Waals surface area contributed by atoms with E-state index in [0.29, 0.717) is 11.5 Å². The zero-order valence-corrected chi connectivity index (χ0v) is 24.6. The van der Waals surface area contributed by atoms with Crippen LogP contribution in [-0.2, 0) is 5.41 Å². The molecular weight excluding hydrogens is 550 g/mol. The van der Waals surface area contributed by atoms with E-state index in [0.717, 1.165) is 39.0 Å². The van der Waals surface area contributed by atoms with E-state index in [4.69, 9.17) is 14.7 Å². The lowest BCUT2D eigenvalue weighted by Crippen LogP contribution is -2.24. The highest BCUT2D eigenvalue weighted by atomic mass is 16.5. The quantitative estimate of drug-likeness (QED) is 0.210. The number of nitrogens with zero attached hydrogens (tertiary/aromatic N) is 3. The van der Waals surface area contributed by atoms with Crippen LogP contribution in [0.5, 0.6) is 11.5 Å². The molecule has 2 aliphatic rings. The highest BCUT2D eigenvalue weighted by molar-refractivity contribution is 6.12. The number of pyridine rings is 3. The molecular formula is C41H27N3O. The van der Waals surface area contributed by atoms with Gasteiger partial charge in [-0.25, -0.2) is 0 Å². The number of hydrogen-bond acceptors (Lipinski definition) is 4. The third-order valence-electron chi connectivity index (χ3n) is 9.36. The predicted octanol–water partition coefficient (Wildman–Crippen LogP) is 9.74. The van der Waals surface area contributed by atoms with Gasteiger partial charge >= 0.3 is 0 Å². The average molecular weight is 578 g/mol. The molecule has 4 aromatic carbocycles. The first-order valence-corrected chi connectivity index (χ1v) is 15.2. The molecule has 1 atom stereocenters. The summed E-state index contributed by atoms with van der Waals surface area (Å²) in [7, 11) is 0. The number of allylic oxidation sites excluding steroid dienone is 1. The van der Waals surface area contributed by atoms with E-state index >= 15 is 0 Å². The molecule has 9 rings (SSSR count). The van der Waals surface area contributed by atoms with E-state index in [1.807, 2.05) is 24.7 Å². The Morgan fingerprint density at radius 3 is 2.13 bits per heavy atom. The minimum Gasteiger partial charge on any atom is -0.453 e. The normalized spacial score (nSPS) is 16.3. The van der Waals surface area contributed by atoms with Crippen LogP contribution in [0.15, 0.2) is 146 Å². The molecule has 4 nitrogen and oxygen atoms in total. The van der Waals surface area contributed by atoms with Gasteiger partial charge in [0.15, 0.2) is 11.5 Å². The van der Waals surface area contributed by atoms with Gasteiger partial charge in [-0.05, 0) is 75.4 Å². The minimum atomic E-state index is -0.512. The van der Waals surface area contributed by atoms with E-state index in [2.05, 4.69) is 127 Å². The molecule has 0 saturated carbocycles. The topological polar surface area (TPSA) is 47.9 Å². The Morgan fingerprint density at radius 2 is 1.29 bits per heavy atom. The molecule has 3 aromatic heterocycles. The average Bonchev–Trinajstić information content (AvgIpc) is 3.28. The molecule has 1 unspecified atom stereocenters. The molecule has 0 spiro atoms. The van der Waals surface area contributed by atoms with E-state index in [1.54, 1.807) is 6.20 Å². The molecule has 1 aliphatic heterocycles. The molecule has 212 valence electrons. The predicted molar refractivity (Wildman–Crippen MR) is 180 cm³/mol. The summed E-state index contributed by atoms with van der Waals surface area (Å²) in [5.74, 6) is 1.43. The summed E-state index contributed by atoms with van der Waals surface area (Å²) in [4.78, 5) is 14.4. The zero-order chi connectivity index (χ0) is 30.0. The van der Waals surface area contributed by atoms with E-state index in [1.165, 1.54) is 33.2 Å². The molecule has 0 bridgehead atoms.